The number of rotatable bonds is 5. The van der Waals surface area contributed by atoms with Gasteiger partial charge in [0.2, 0.25) is 5.91 Å². The van der Waals surface area contributed by atoms with E-state index >= 15 is 0 Å². The summed E-state index contributed by atoms with van der Waals surface area (Å²) < 4.78 is 0. The van der Waals surface area contributed by atoms with E-state index in [1.165, 1.54) is 0 Å². The van der Waals surface area contributed by atoms with Crippen LogP contribution >= 0.6 is 0 Å². The molecule has 0 bridgehead atoms. The number of hydrogen-bond donors (Lipinski definition) is 1. The molecule has 6 nitrogen and oxygen atoms in total. The zero-order valence-corrected chi connectivity index (χ0v) is 16.5. The lowest BCUT2D eigenvalue weighted by atomic mass is 9.95. The van der Waals surface area contributed by atoms with Gasteiger partial charge in [0.25, 0.3) is 0 Å². The second-order valence-corrected chi connectivity index (χ2v) is 7.41. The van der Waals surface area contributed by atoms with Crippen molar-refractivity contribution in [2.24, 2.45) is 5.92 Å². The van der Waals surface area contributed by atoms with Crippen molar-refractivity contribution in [3.8, 4) is 11.3 Å². The maximum Gasteiger partial charge on any atom is 0.223 e. The lowest BCUT2D eigenvalue weighted by Gasteiger charge is -2.32. The second-order valence-electron chi connectivity index (χ2n) is 7.41. The van der Waals surface area contributed by atoms with E-state index in [2.05, 4.69) is 25.4 Å². The van der Waals surface area contributed by atoms with Gasteiger partial charge in [-0.1, -0.05) is 30.3 Å². The molecule has 6 heteroatoms. The number of pyridine rings is 1. The fourth-order valence-corrected chi connectivity index (χ4v) is 3.70. The van der Waals surface area contributed by atoms with Crippen LogP contribution in [0.5, 0.6) is 0 Å². The standard InChI is InChI=1S/C23H25N5O/c1-17(18-5-3-2-4-6-18)25-23(29)20-11-15-28(16-12-20)22-8-7-21(26-27-22)19-9-13-24-14-10-19/h2-10,13-14,17,20H,11-12,15-16H2,1H3,(H,25,29). The van der Waals surface area contributed by atoms with Crippen molar-refractivity contribution >= 4 is 11.7 Å². The van der Waals surface area contributed by atoms with Crippen molar-refractivity contribution in [3.05, 3.63) is 72.6 Å². The normalized spacial score (nSPS) is 15.7. The van der Waals surface area contributed by atoms with Crippen LogP contribution in [0.1, 0.15) is 31.4 Å². The number of aromatic nitrogens is 3. The van der Waals surface area contributed by atoms with E-state index in [4.69, 9.17) is 0 Å². The predicted octanol–water partition coefficient (Wildman–Crippen LogP) is 3.63. The van der Waals surface area contributed by atoms with Crippen LogP contribution < -0.4 is 10.2 Å². The Morgan fingerprint density at radius 2 is 1.72 bits per heavy atom. The van der Waals surface area contributed by atoms with Gasteiger partial charge < -0.3 is 10.2 Å². The molecule has 1 aliphatic heterocycles. The van der Waals surface area contributed by atoms with E-state index in [0.717, 1.165) is 48.6 Å². The molecule has 1 unspecified atom stereocenters. The van der Waals surface area contributed by atoms with Crippen molar-refractivity contribution in [1.29, 1.82) is 0 Å². The summed E-state index contributed by atoms with van der Waals surface area (Å²) in [5.74, 6) is 1.04. The van der Waals surface area contributed by atoms with Gasteiger partial charge in [0.05, 0.1) is 11.7 Å². The highest BCUT2D eigenvalue weighted by atomic mass is 16.1. The minimum Gasteiger partial charge on any atom is -0.355 e. The molecule has 3 aromatic rings. The van der Waals surface area contributed by atoms with Gasteiger partial charge >= 0.3 is 0 Å². The van der Waals surface area contributed by atoms with Crippen molar-refractivity contribution in [1.82, 2.24) is 20.5 Å². The fourth-order valence-electron chi connectivity index (χ4n) is 3.70. The van der Waals surface area contributed by atoms with Crippen LogP contribution in [0.2, 0.25) is 0 Å². The summed E-state index contributed by atoms with van der Waals surface area (Å²) in [6, 6.07) is 17.9. The average molecular weight is 387 g/mol. The number of carbonyl (C=O) groups excluding carboxylic acids is 1. The van der Waals surface area contributed by atoms with Crippen molar-refractivity contribution < 1.29 is 4.79 Å². The average Bonchev–Trinajstić information content (AvgIpc) is 2.80. The molecule has 4 rings (SSSR count). The van der Waals surface area contributed by atoms with Crippen molar-refractivity contribution in [2.75, 3.05) is 18.0 Å². The molecule has 1 amide bonds. The quantitative estimate of drug-likeness (QED) is 0.724. The Kier molecular flexibility index (Phi) is 5.79. The van der Waals surface area contributed by atoms with E-state index in [0.29, 0.717) is 0 Å². The summed E-state index contributed by atoms with van der Waals surface area (Å²) in [5.41, 5.74) is 2.96. The smallest absolute Gasteiger partial charge is 0.223 e. The third-order valence-corrected chi connectivity index (χ3v) is 5.47. The van der Waals surface area contributed by atoms with Gasteiger partial charge in [-0.2, -0.15) is 0 Å². The highest BCUT2D eigenvalue weighted by Crippen LogP contribution is 2.24. The lowest BCUT2D eigenvalue weighted by Crippen LogP contribution is -2.41. The van der Waals surface area contributed by atoms with Crippen molar-refractivity contribution in [3.63, 3.8) is 0 Å². The number of nitrogens with zero attached hydrogens (tertiary/aromatic N) is 4. The summed E-state index contributed by atoms with van der Waals surface area (Å²) in [4.78, 5) is 18.9. The molecule has 1 atom stereocenters. The van der Waals surface area contributed by atoms with E-state index in [1.807, 2.05) is 61.5 Å². The maximum atomic E-state index is 12.7. The molecule has 1 aliphatic rings. The Balaban J connectivity index is 1.31. The monoisotopic (exact) mass is 387 g/mol. The SMILES string of the molecule is CC(NC(=O)C1CCN(c2ccc(-c3ccncc3)nn2)CC1)c1ccccc1. The van der Waals surface area contributed by atoms with E-state index in [9.17, 15) is 4.79 Å². The number of carbonyl (C=O) groups is 1. The molecule has 1 saturated heterocycles. The second kappa shape index (κ2) is 8.82. The molecule has 1 aromatic carbocycles. The highest BCUT2D eigenvalue weighted by Gasteiger charge is 2.26. The maximum absolute atomic E-state index is 12.7. The minimum absolute atomic E-state index is 0.0216. The molecule has 2 aromatic heterocycles. The fraction of sp³-hybridized carbons (Fsp3) is 0.304. The first kappa shape index (κ1) is 19.1. The van der Waals surface area contributed by atoms with Crippen LogP contribution in [0, 0.1) is 5.92 Å². The van der Waals surface area contributed by atoms with Crippen molar-refractivity contribution in [2.45, 2.75) is 25.8 Å². The van der Waals surface area contributed by atoms with E-state index in [-0.39, 0.29) is 17.9 Å². The number of hydrogen-bond acceptors (Lipinski definition) is 5. The third-order valence-electron chi connectivity index (χ3n) is 5.47. The van der Waals surface area contributed by atoms with Crippen LogP contribution in [-0.2, 0) is 4.79 Å². The van der Waals surface area contributed by atoms with Gasteiger partial charge in [0.1, 0.15) is 0 Å². The largest absolute Gasteiger partial charge is 0.355 e. The summed E-state index contributed by atoms with van der Waals surface area (Å²) >= 11 is 0. The Bertz CT molecular complexity index is 923. The summed E-state index contributed by atoms with van der Waals surface area (Å²) in [6.07, 6.45) is 5.14. The van der Waals surface area contributed by atoms with Crippen LogP contribution in [0.15, 0.2) is 67.0 Å². The molecule has 0 saturated carbocycles. The molecule has 1 N–H and O–H groups in total. The molecule has 0 radical (unpaired) electrons. The number of benzene rings is 1. The van der Waals surface area contributed by atoms with Crippen LogP contribution in [0.3, 0.4) is 0 Å². The van der Waals surface area contributed by atoms with Crippen LogP contribution in [0.25, 0.3) is 11.3 Å². The van der Waals surface area contributed by atoms with Crippen LogP contribution in [0.4, 0.5) is 5.82 Å². The zero-order valence-electron chi connectivity index (χ0n) is 16.5. The molecule has 29 heavy (non-hydrogen) atoms. The first-order valence-corrected chi connectivity index (χ1v) is 10.0. The molecular weight excluding hydrogens is 362 g/mol. The Hall–Kier alpha value is -3.28. The third kappa shape index (κ3) is 4.59. The predicted molar refractivity (Wildman–Crippen MR) is 113 cm³/mol. The molecular formula is C23H25N5O. The van der Waals surface area contributed by atoms with Gasteiger partial charge in [0.15, 0.2) is 5.82 Å². The van der Waals surface area contributed by atoms with Gasteiger partial charge in [-0.05, 0) is 49.6 Å². The number of piperidine rings is 1. The van der Waals surface area contributed by atoms with Gasteiger partial charge in [-0.25, -0.2) is 0 Å². The number of anilines is 1. The van der Waals surface area contributed by atoms with Crippen LogP contribution in [-0.4, -0.2) is 34.2 Å². The van der Waals surface area contributed by atoms with Gasteiger partial charge in [-0.15, -0.1) is 10.2 Å². The zero-order chi connectivity index (χ0) is 20.1. The topological polar surface area (TPSA) is 71.0 Å². The van der Waals surface area contributed by atoms with Gasteiger partial charge in [0, 0.05) is 37.0 Å². The number of amides is 1. The molecule has 1 fully saturated rings. The summed E-state index contributed by atoms with van der Waals surface area (Å²) in [6.45, 7) is 3.64. The number of nitrogens with one attached hydrogen (secondary N) is 1. The Labute approximate surface area is 171 Å². The summed E-state index contributed by atoms with van der Waals surface area (Å²) in [5, 5.41) is 11.9. The first-order valence-electron chi connectivity index (χ1n) is 10.0. The first-order chi connectivity index (χ1) is 14.2. The van der Waals surface area contributed by atoms with E-state index < -0.39 is 0 Å². The molecule has 0 aliphatic carbocycles. The summed E-state index contributed by atoms with van der Waals surface area (Å²) in [7, 11) is 0. The van der Waals surface area contributed by atoms with E-state index in [1.54, 1.807) is 12.4 Å². The molecule has 3 heterocycles. The highest BCUT2D eigenvalue weighted by molar-refractivity contribution is 5.79. The lowest BCUT2D eigenvalue weighted by molar-refractivity contribution is -0.126. The Morgan fingerprint density at radius 1 is 1.00 bits per heavy atom. The Morgan fingerprint density at radius 3 is 2.38 bits per heavy atom. The minimum atomic E-state index is 0.0216. The molecule has 0 spiro atoms. The van der Waals surface area contributed by atoms with Gasteiger partial charge in [-0.3, -0.25) is 9.78 Å². The molecule has 148 valence electrons.